The van der Waals surface area contributed by atoms with Crippen LogP contribution >= 0.6 is 11.8 Å². The first-order valence-electron chi connectivity index (χ1n) is 11.2. The number of hydrogen-bond donors (Lipinski definition) is 1. The fourth-order valence-electron chi connectivity index (χ4n) is 3.98. The van der Waals surface area contributed by atoms with Crippen molar-refractivity contribution in [1.82, 2.24) is 24.7 Å². The van der Waals surface area contributed by atoms with E-state index in [9.17, 15) is 13.6 Å². The molecule has 0 bridgehead atoms. The van der Waals surface area contributed by atoms with E-state index in [1.807, 2.05) is 30.3 Å². The number of thioether (sulfide) groups is 1. The lowest BCUT2D eigenvalue weighted by atomic mass is 10.1. The largest absolute Gasteiger partial charge is 0.355 e. The maximum atomic E-state index is 13.6. The number of nitrogens with one attached hydrogen (secondary N) is 1. The zero-order valence-corrected chi connectivity index (χ0v) is 19.9. The zero-order valence-electron chi connectivity index (χ0n) is 19.1. The standard InChI is InChI=1S/C27H17F2N5O2S/c28-18-9-11-20(12-10-18)34-26(35)24-23(21(14-30-24)16-5-2-1-3-6-16)32-27(34)37-15-22-31-25(33-36-22)17-7-4-8-19(29)13-17/h1-14,30H,15H2. The first kappa shape index (κ1) is 22.9. The van der Waals surface area contributed by atoms with E-state index in [2.05, 4.69) is 15.1 Å². The molecule has 3 aromatic heterocycles. The Hall–Kier alpha value is -4.57. The van der Waals surface area contributed by atoms with Crippen LogP contribution in [0.25, 0.3) is 39.2 Å². The normalized spacial score (nSPS) is 11.3. The molecule has 10 heteroatoms. The molecule has 37 heavy (non-hydrogen) atoms. The molecule has 3 aromatic carbocycles. The molecule has 6 rings (SSSR count). The van der Waals surface area contributed by atoms with Gasteiger partial charge in [0.25, 0.3) is 5.56 Å². The lowest BCUT2D eigenvalue weighted by molar-refractivity contribution is 0.391. The second kappa shape index (κ2) is 9.47. The van der Waals surface area contributed by atoms with Gasteiger partial charge < -0.3 is 9.51 Å². The molecule has 0 unspecified atom stereocenters. The Labute approximate surface area is 212 Å². The smallest absolute Gasteiger partial charge is 0.283 e. The van der Waals surface area contributed by atoms with Gasteiger partial charge in [-0.2, -0.15) is 4.98 Å². The monoisotopic (exact) mass is 513 g/mol. The van der Waals surface area contributed by atoms with E-state index in [1.165, 1.54) is 52.7 Å². The highest BCUT2D eigenvalue weighted by atomic mass is 32.2. The second-order valence-electron chi connectivity index (χ2n) is 8.11. The molecule has 1 N–H and O–H groups in total. The molecule has 0 aliphatic rings. The van der Waals surface area contributed by atoms with Gasteiger partial charge in [0, 0.05) is 17.3 Å². The summed E-state index contributed by atoms with van der Waals surface area (Å²) in [7, 11) is 0. The van der Waals surface area contributed by atoms with Crippen LogP contribution in [0.1, 0.15) is 5.89 Å². The van der Waals surface area contributed by atoms with E-state index < -0.39 is 11.6 Å². The summed E-state index contributed by atoms with van der Waals surface area (Å²) >= 11 is 1.22. The molecule has 0 saturated heterocycles. The van der Waals surface area contributed by atoms with Crippen LogP contribution in [0, 0.1) is 11.6 Å². The zero-order chi connectivity index (χ0) is 25.4. The Kier molecular flexibility index (Phi) is 5.85. The summed E-state index contributed by atoms with van der Waals surface area (Å²) in [5, 5.41) is 4.31. The van der Waals surface area contributed by atoms with Gasteiger partial charge in [-0.15, -0.1) is 0 Å². The topological polar surface area (TPSA) is 89.6 Å². The summed E-state index contributed by atoms with van der Waals surface area (Å²) in [5.41, 5.74) is 3.17. The van der Waals surface area contributed by atoms with Crippen molar-refractivity contribution in [2.45, 2.75) is 10.9 Å². The van der Waals surface area contributed by atoms with E-state index in [-0.39, 0.29) is 23.0 Å². The third-order valence-corrected chi connectivity index (χ3v) is 6.64. The van der Waals surface area contributed by atoms with E-state index in [0.29, 0.717) is 27.4 Å². The number of aromatic nitrogens is 5. The highest BCUT2D eigenvalue weighted by Crippen LogP contribution is 2.30. The molecule has 0 amide bonds. The molecular weight excluding hydrogens is 496 g/mol. The van der Waals surface area contributed by atoms with Gasteiger partial charge >= 0.3 is 0 Å². The molecule has 0 atom stereocenters. The molecule has 0 spiro atoms. The quantitative estimate of drug-likeness (QED) is 0.217. The maximum Gasteiger partial charge on any atom is 0.283 e. The number of nitrogens with zero attached hydrogens (tertiary/aromatic N) is 4. The first-order valence-corrected chi connectivity index (χ1v) is 12.2. The highest BCUT2D eigenvalue weighted by Gasteiger charge is 2.19. The van der Waals surface area contributed by atoms with Gasteiger partial charge in [0.15, 0.2) is 5.16 Å². The van der Waals surface area contributed by atoms with Gasteiger partial charge in [0.05, 0.1) is 11.4 Å². The molecule has 0 aliphatic heterocycles. The number of benzene rings is 3. The van der Waals surface area contributed by atoms with Crippen LogP contribution in [-0.4, -0.2) is 24.7 Å². The van der Waals surface area contributed by atoms with Crippen molar-refractivity contribution in [2.75, 3.05) is 0 Å². The van der Waals surface area contributed by atoms with Gasteiger partial charge in [0.2, 0.25) is 11.7 Å². The molecule has 0 saturated carbocycles. The lowest BCUT2D eigenvalue weighted by Gasteiger charge is -2.12. The van der Waals surface area contributed by atoms with Gasteiger partial charge in [-0.1, -0.05) is 59.4 Å². The Balaban J connectivity index is 1.42. The molecule has 0 fully saturated rings. The van der Waals surface area contributed by atoms with E-state index >= 15 is 0 Å². The summed E-state index contributed by atoms with van der Waals surface area (Å²) in [6.07, 6.45) is 1.75. The van der Waals surface area contributed by atoms with E-state index in [4.69, 9.17) is 9.51 Å². The maximum absolute atomic E-state index is 13.6. The Morgan fingerprint density at radius 1 is 0.892 bits per heavy atom. The van der Waals surface area contributed by atoms with Crippen LogP contribution in [-0.2, 0) is 5.75 Å². The van der Waals surface area contributed by atoms with Crippen LogP contribution in [0.15, 0.2) is 99.5 Å². The van der Waals surface area contributed by atoms with Crippen molar-refractivity contribution in [3.05, 3.63) is 113 Å². The number of halogens is 2. The molecule has 6 aromatic rings. The number of H-pyrrole nitrogens is 1. The Morgan fingerprint density at radius 3 is 2.46 bits per heavy atom. The summed E-state index contributed by atoms with van der Waals surface area (Å²) in [6, 6.07) is 21.1. The van der Waals surface area contributed by atoms with Crippen LogP contribution in [0.2, 0.25) is 0 Å². The van der Waals surface area contributed by atoms with Crippen molar-refractivity contribution in [1.29, 1.82) is 0 Å². The number of fused-ring (bicyclic) bond motifs is 1. The summed E-state index contributed by atoms with van der Waals surface area (Å²) in [4.78, 5) is 25.8. The van der Waals surface area contributed by atoms with Crippen molar-refractivity contribution < 1.29 is 13.3 Å². The summed E-state index contributed by atoms with van der Waals surface area (Å²) in [6.45, 7) is 0. The van der Waals surface area contributed by atoms with Crippen molar-refractivity contribution in [3.63, 3.8) is 0 Å². The fraction of sp³-hybridized carbons (Fsp3) is 0.0370. The SMILES string of the molecule is O=c1c2[nH]cc(-c3ccccc3)c2nc(SCc2nc(-c3cccc(F)c3)no2)n1-c1ccc(F)cc1. The van der Waals surface area contributed by atoms with Crippen LogP contribution in [0.3, 0.4) is 0 Å². The highest BCUT2D eigenvalue weighted by molar-refractivity contribution is 7.98. The summed E-state index contributed by atoms with van der Waals surface area (Å²) < 4.78 is 34.0. The lowest BCUT2D eigenvalue weighted by Crippen LogP contribution is -2.21. The molecule has 0 aliphatic carbocycles. The van der Waals surface area contributed by atoms with E-state index in [1.54, 1.807) is 18.3 Å². The van der Waals surface area contributed by atoms with Gasteiger partial charge in [-0.25, -0.2) is 13.8 Å². The Morgan fingerprint density at radius 2 is 1.68 bits per heavy atom. The minimum Gasteiger partial charge on any atom is -0.355 e. The van der Waals surface area contributed by atoms with Crippen LogP contribution in [0.4, 0.5) is 8.78 Å². The average molecular weight is 514 g/mol. The molecular formula is C27H17F2N5O2S. The number of aromatic amines is 1. The van der Waals surface area contributed by atoms with Crippen LogP contribution < -0.4 is 5.56 Å². The minimum absolute atomic E-state index is 0.201. The predicted molar refractivity (Wildman–Crippen MR) is 136 cm³/mol. The third kappa shape index (κ3) is 4.43. The molecule has 3 heterocycles. The van der Waals surface area contributed by atoms with Crippen molar-refractivity contribution in [3.8, 4) is 28.2 Å². The average Bonchev–Trinajstić information content (AvgIpc) is 3.57. The molecule has 0 radical (unpaired) electrons. The second-order valence-corrected chi connectivity index (χ2v) is 9.06. The summed E-state index contributed by atoms with van der Waals surface area (Å²) in [5.74, 6) is -0.0816. The molecule has 7 nitrogen and oxygen atoms in total. The number of hydrogen-bond acceptors (Lipinski definition) is 6. The minimum atomic E-state index is -0.415. The van der Waals surface area contributed by atoms with Crippen LogP contribution in [0.5, 0.6) is 0 Å². The molecule has 182 valence electrons. The predicted octanol–water partition coefficient (Wildman–Crippen LogP) is 6.00. The first-order chi connectivity index (χ1) is 18.1. The van der Waals surface area contributed by atoms with E-state index in [0.717, 1.165) is 11.1 Å². The third-order valence-electron chi connectivity index (χ3n) is 5.71. The fourth-order valence-corrected chi connectivity index (χ4v) is 4.82. The van der Waals surface area contributed by atoms with Gasteiger partial charge in [0.1, 0.15) is 22.7 Å². The van der Waals surface area contributed by atoms with Crippen molar-refractivity contribution in [2.24, 2.45) is 0 Å². The van der Waals surface area contributed by atoms with Gasteiger partial charge in [-0.05, 0) is 42.0 Å². The van der Waals surface area contributed by atoms with Crippen molar-refractivity contribution >= 4 is 22.8 Å². The number of rotatable bonds is 6. The Bertz CT molecular complexity index is 1780. The van der Waals surface area contributed by atoms with Gasteiger partial charge in [-0.3, -0.25) is 9.36 Å².